The summed E-state index contributed by atoms with van der Waals surface area (Å²) in [5.41, 5.74) is 4.35. The molecule has 2 N–H and O–H groups in total. The first kappa shape index (κ1) is 12.7. The van der Waals surface area contributed by atoms with Crippen molar-refractivity contribution in [3.63, 3.8) is 0 Å². The Balaban J connectivity index is 1.60. The van der Waals surface area contributed by atoms with Crippen LogP contribution in [0.15, 0.2) is 29.8 Å². The van der Waals surface area contributed by atoms with Crippen molar-refractivity contribution in [3.8, 4) is 5.75 Å². The van der Waals surface area contributed by atoms with Crippen LogP contribution in [0.25, 0.3) is 0 Å². The van der Waals surface area contributed by atoms with Crippen LogP contribution in [0.5, 0.6) is 5.75 Å². The van der Waals surface area contributed by atoms with Gasteiger partial charge in [0.05, 0.1) is 0 Å². The maximum Gasteiger partial charge on any atom is 0.115 e. The molecule has 0 saturated carbocycles. The Kier molecular flexibility index (Phi) is 3.88. The molecule has 2 aliphatic rings. The number of hydrogen-bond donors (Lipinski definition) is 2. The van der Waals surface area contributed by atoms with Crippen molar-refractivity contribution in [2.24, 2.45) is 0 Å². The number of fused-ring (bicyclic) bond motifs is 1. The topological polar surface area (TPSA) is 32.3 Å². The Hall–Kier alpha value is -1.28. The van der Waals surface area contributed by atoms with E-state index in [0.717, 1.165) is 13.0 Å². The molecule has 0 spiro atoms. The van der Waals surface area contributed by atoms with E-state index in [-0.39, 0.29) is 0 Å². The summed E-state index contributed by atoms with van der Waals surface area (Å²) in [6.45, 7) is 1.08. The summed E-state index contributed by atoms with van der Waals surface area (Å²) < 4.78 is 0. The molecule has 1 aromatic rings. The van der Waals surface area contributed by atoms with Gasteiger partial charge in [0.1, 0.15) is 5.75 Å². The molecular weight excluding hydrogens is 234 g/mol. The molecule has 2 aliphatic carbocycles. The molecule has 2 nitrogen and oxygen atoms in total. The Morgan fingerprint density at radius 2 is 2.16 bits per heavy atom. The van der Waals surface area contributed by atoms with Crippen molar-refractivity contribution in [2.45, 2.75) is 51.0 Å². The molecule has 19 heavy (non-hydrogen) atoms. The lowest BCUT2D eigenvalue weighted by molar-refractivity contribution is 0.451. The summed E-state index contributed by atoms with van der Waals surface area (Å²) in [6, 6.07) is 6.32. The quantitative estimate of drug-likeness (QED) is 0.803. The van der Waals surface area contributed by atoms with Gasteiger partial charge in [-0.1, -0.05) is 17.7 Å². The summed E-state index contributed by atoms with van der Waals surface area (Å²) in [6.07, 6.45) is 11.1. The third-order valence-corrected chi connectivity index (χ3v) is 4.41. The zero-order chi connectivity index (χ0) is 13.1. The first-order chi connectivity index (χ1) is 9.33. The molecule has 0 amide bonds. The van der Waals surface area contributed by atoms with Gasteiger partial charge in [0, 0.05) is 6.04 Å². The maximum atomic E-state index is 9.57. The number of nitrogens with one attached hydrogen (secondary N) is 1. The van der Waals surface area contributed by atoms with Crippen molar-refractivity contribution in [1.82, 2.24) is 5.32 Å². The summed E-state index contributed by atoms with van der Waals surface area (Å²) >= 11 is 0. The molecule has 0 bridgehead atoms. The highest BCUT2D eigenvalue weighted by atomic mass is 16.3. The van der Waals surface area contributed by atoms with Crippen LogP contribution in [0.2, 0.25) is 0 Å². The number of phenolic OH excluding ortho intramolecular Hbond substituents is 1. The minimum Gasteiger partial charge on any atom is -0.508 e. The van der Waals surface area contributed by atoms with Crippen molar-refractivity contribution in [3.05, 3.63) is 41.0 Å². The lowest BCUT2D eigenvalue weighted by Crippen LogP contribution is -2.26. The van der Waals surface area contributed by atoms with Crippen molar-refractivity contribution in [2.75, 3.05) is 6.54 Å². The summed E-state index contributed by atoms with van der Waals surface area (Å²) in [5.74, 6) is 0.399. The van der Waals surface area contributed by atoms with E-state index in [1.54, 1.807) is 5.57 Å². The third-order valence-electron chi connectivity index (χ3n) is 4.41. The molecule has 1 aromatic carbocycles. The van der Waals surface area contributed by atoms with E-state index in [2.05, 4.69) is 17.5 Å². The maximum absolute atomic E-state index is 9.57. The predicted octanol–water partition coefficient (Wildman–Crippen LogP) is 3.86. The normalized spacial score (nSPS) is 22.1. The number of allylic oxidation sites excluding steroid dienone is 1. The Bertz CT molecular complexity index is 478. The second kappa shape index (κ2) is 5.79. The summed E-state index contributed by atoms with van der Waals surface area (Å²) in [5, 5.41) is 13.3. The Labute approximate surface area is 115 Å². The van der Waals surface area contributed by atoms with E-state index >= 15 is 0 Å². The number of aromatic hydroxyl groups is 1. The van der Waals surface area contributed by atoms with Gasteiger partial charge in [0.2, 0.25) is 0 Å². The number of aryl methyl sites for hydroxylation is 1. The van der Waals surface area contributed by atoms with Gasteiger partial charge in [-0.05, 0) is 74.8 Å². The minimum absolute atomic E-state index is 0.399. The average molecular weight is 257 g/mol. The molecule has 102 valence electrons. The third kappa shape index (κ3) is 3.01. The first-order valence-corrected chi connectivity index (χ1v) is 7.56. The van der Waals surface area contributed by atoms with Crippen LogP contribution in [-0.4, -0.2) is 11.7 Å². The van der Waals surface area contributed by atoms with Crippen LogP contribution < -0.4 is 5.32 Å². The zero-order valence-corrected chi connectivity index (χ0v) is 11.5. The molecule has 0 aliphatic heterocycles. The van der Waals surface area contributed by atoms with Gasteiger partial charge in [0.25, 0.3) is 0 Å². The largest absolute Gasteiger partial charge is 0.508 e. The van der Waals surface area contributed by atoms with Crippen LogP contribution in [0.1, 0.15) is 55.7 Å². The van der Waals surface area contributed by atoms with Crippen molar-refractivity contribution < 1.29 is 5.11 Å². The van der Waals surface area contributed by atoms with E-state index in [0.29, 0.717) is 11.8 Å². The lowest BCUT2D eigenvalue weighted by Gasteiger charge is -2.26. The van der Waals surface area contributed by atoms with Gasteiger partial charge < -0.3 is 10.4 Å². The molecule has 1 atom stereocenters. The van der Waals surface area contributed by atoms with Gasteiger partial charge in [-0.3, -0.25) is 0 Å². The molecule has 0 saturated heterocycles. The minimum atomic E-state index is 0.399. The van der Waals surface area contributed by atoms with E-state index in [1.165, 1.54) is 49.7 Å². The SMILES string of the molecule is Oc1ccc2c(c1)CCCC2NCCC1=CCCC1. The fourth-order valence-electron chi connectivity index (χ4n) is 3.38. The lowest BCUT2D eigenvalue weighted by atomic mass is 9.87. The number of phenols is 1. The van der Waals surface area contributed by atoms with Gasteiger partial charge >= 0.3 is 0 Å². The predicted molar refractivity (Wildman–Crippen MR) is 78.3 cm³/mol. The highest BCUT2D eigenvalue weighted by molar-refractivity contribution is 5.38. The van der Waals surface area contributed by atoms with Crippen LogP contribution in [0, 0.1) is 0 Å². The molecule has 3 rings (SSSR count). The second-order valence-corrected chi connectivity index (χ2v) is 5.79. The van der Waals surface area contributed by atoms with Gasteiger partial charge in [-0.15, -0.1) is 0 Å². The van der Waals surface area contributed by atoms with Crippen LogP contribution in [0.3, 0.4) is 0 Å². The molecule has 0 heterocycles. The van der Waals surface area contributed by atoms with Crippen LogP contribution in [-0.2, 0) is 6.42 Å². The first-order valence-electron chi connectivity index (χ1n) is 7.56. The number of rotatable bonds is 4. The van der Waals surface area contributed by atoms with Gasteiger partial charge in [0.15, 0.2) is 0 Å². The van der Waals surface area contributed by atoms with Crippen molar-refractivity contribution >= 4 is 0 Å². The monoisotopic (exact) mass is 257 g/mol. The van der Waals surface area contributed by atoms with Crippen LogP contribution >= 0.6 is 0 Å². The summed E-state index contributed by atoms with van der Waals surface area (Å²) in [7, 11) is 0. The molecule has 0 radical (unpaired) electrons. The average Bonchev–Trinajstić information content (AvgIpc) is 2.92. The number of benzene rings is 1. The van der Waals surface area contributed by atoms with Gasteiger partial charge in [-0.25, -0.2) is 0 Å². The second-order valence-electron chi connectivity index (χ2n) is 5.79. The zero-order valence-electron chi connectivity index (χ0n) is 11.5. The fourth-order valence-corrected chi connectivity index (χ4v) is 3.38. The molecular formula is C17H23NO. The summed E-state index contributed by atoms with van der Waals surface area (Å²) in [4.78, 5) is 0. The smallest absolute Gasteiger partial charge is 0.115 e. The van der Waals surface area contributed by atoms with E-state index in [9.17, 15) is 5.11 Å². The number of hydrogen-bond acceptors (Lipinski definition) is 2. The van der Waals surface area contributed by atoms with Crippen LogP contribution in [0.4, 0.5) is 0 Å². The Morgan fingerprint density at radius 3 is 3.00 bits per heavy atom. The highest BCUT2D eigenvalue weighted by Crippen LogP contribution is 2.32. The van der Waals surface area contributed by atoms with Gasteiger partial charge in [-0.2, -0.15) is 0 Å². The van der Waals surface area contributed by atoms with E-state index < -0.39 is 0 Å². The van der Waals surface area contributed by atoms with E-state index in [1.807, 2.05) is 12.1 Å². The standard InChI is InChI=1S/C17H23NO/c19-15-8-9-16-14(12-15)6-3-7-17(16)18-11-10-13-4-1-2-5-13/h4,8-9,12,17-19H,1-3,5-7,10-11H2. The van der Waals surface area contributed by atoms with Crippen molar-refractivity contribution in [1.29, 1.82) is 0 Å². The molecule has 0 aromatic heterocycles. The fraction of sp³-hybridized carbons (Fsp3) is 0.529. The highest BCUT2D eigenvalue weighted by Gasteiger charge is 2.19. The molecule has 1 unspecified atom stereocenters. The molecule has 2 heteroatoms. The molecule has 0 fully saturated rings. The van der Waals surface area contributed by atoms with E-state index in [4.69, 9.17) is 0 Å². The Morgan fingerprint density at radius 1 is 1.21 bits per heavy atom.